The molecule has 1 aromatic rings. The minimum atomic E-state index is -0.123. The maximum atomic E-state index is 11.8. The summed E-state index contributed by atoms with van der Waals surface area (Å²) >= 11 is 6.78. The Kier molecular flexibility index (Phi) is 2.59. The average Bonchev–Trinajstić information content (AvgIpc) is 2.92. The summed E-state index contributed by atoms with van der Waals surface area (Å²) in [5, 5.41) is 10.8. The lowest BCUT2D eigenvalue weighted by molar-refractivity contribution is 0.0922. The van der Waals surface area contributed by atoms with Crippen LogP contribution in [-0.4, -0.2) is 22.1 Å². The molecule has 0 aliphatic heterocycles. The molecule has 3 rings (SSSR count). The molecule has 1 aromatic heterocycles. The molecule has 1 heterocycles. The predicted molar refractivity (Wildman–Crippen MR) is 61.6 cm³/mol. The normalized spacial score (nSPS) is 31.9. The first-order chi connectivity index (χ1) is 7.72. The van der Waals surface area contributed by atoms with Crippen LogP contribution in [0.15, 0.2) is 0 Å². The van der Waals surface area contributed by atoms with Gasteiger partial charge in [0.2, 0.25) is 9.47 Å². The minimum Gasteiger partial charge on any atom is -0.347 e. The standard InChI is InChI=1S/C10H12ClN3OS/c11-10-14-13-9(16-10)8(15)12-7-4-5-1-2-6(7)3-5/h5-7H,1-4H2,(H,12,15). The van der Waals surface area contributed by atoms with Crippen LogP contribution < -0.4 is 5.32 Å². The minimum absolute atomic E-state index is 0.123. The highest BCUT2D eigenvalue weighted by molar-refractivity contribution is 7.17. The third-order valence-electron chi connectivity index (χ3n) is 3.65. The lowest BCUT2D eigenvalue weighted by atomic mass is 9.95. The largest absolute Gasteiger partial charge is 0.347 e. The monoisotopic (exact) mass is 257 g/mol. The Balaban J connectivity index is 1.65. The van der Waals surface area contributed by atoms with E-state index in [2.05, 4.69) is 15.5 Å². The van der Waals surface area contributed by atoms with Gasteiger partial charge in [-0.2, -0.15) is 0 Å². The Labute approximate surface area is 102 Å². The fourth-order valence-electron chi connectivity index (χ4n) is 2.95. The first-order valence-corrected chi connectivity index (χ1v) is 6.71. The van der Waals surface area contributed by atoms with Crippen molar-refractivity contribution in [2.24, 2.45) is 11.8 Å². The Bertz CT molecular complexity index is 422. The predicted octanol–water partition coefficient (Wildman–Crippen LogP) is 2.11. The lowest BCUT2D eigenvalue weighted by Crippen LogP contribution is -2.38. The van der Waals surface area contributed by atoms with Gasteiger partial charge in [0, 0.05) is 6.04 Å². The summed E-state index contributed by atoms with van der Waals surface area (Å²) in [6.07, 6.45) is 5.00. The van der Waals surface area contributed by atoms with Gasteiger partial charge in [-0.25, -0.2) is 0 Å². The Morgan fingerprint density at radius 3 is 2.81 bits per heavy atom. The van der Waals surface area contributed by atoms with Crippen LogP contribution in [0.3, 0.4) is 0 Å². The summed E-state index contributed by atoms with van der Waals surface area (Å²) in [5.74, 6) is 1.38. The second kappa shape index (κ2) is 3.96. The molecule has 0 saturated heterocycles. The van der Waals surface area contributed by atoms with Gasteiger partial charge in [0.05, 0.1) is 0 Å². The van der Waals surface area contributed by atoms with Gasteiger partial charge in [-0.1, -0.05) is 17.8 Å². The molecule has 0 aromatic carbocycles. The molecule has 3 atom stereocenters. The van der Waals surface area contributed by atoms with E-state index in [1.807, 2.05) is 0 Å². The van der Waals surface area contributed by atoms with E-state index in [9.17, 15) is 4.79 Å². The number of nitrogens with zero attached hydrogens (tertiary/aromatic N) is 2. The van der Waals surface area contributed by atoms with Crippen LogP contribution >= 0.6 is 22.9 Å². The van der Waals surface area contributed by atoms with Crippen molar-refractivity contribution in [3.8, 4) is 0 Å². The zero-order chi connectivity index (χ0) is 11.1. The molecule has 0 radical (unpaired) electrons. The van der Waals surface area contributed by atoms with Crippen LogP contribution in [0.2, 0.25) is 4.47 Å². The number of hydrogen-bond donors (Lipinski definition) is 1. The van der Waals surface area contributed by atoms with E-state index in [0.717, 1.165) is 23.7 Å². The molecule has 16 heavy (non-hydrogen) atoms. The van der Waals surface area contributed by atoms with Crippen LogP contribution in [-0.2, 0) is 0 Å². The molecule has 2 aliphatic rings. The number of rotatable bonds is 2. The van der Waals surface area contributed by atoms with Crippen molar-refractivity contribution in [3.05, 3.63) is 9.47 Å². The molecule has 0 spiro atoms. The molecule has 4 nitrogen and oxygen atoms in total. The SMILES string of the molecule is O=C(NC1CC2CCC1C2)c1nnc(Cl)s1. The molecule has 86 valence electrons. The summed E-state index contributed by atoms with van der Waals surface area (Å²) in [7, 11) is 0. The van der Waals surface area contributed by atoms with Crippen LogP contribution in [0.1, 0.15) is 35.5 Å². The van der Waals surface area contributed by atoms with Crippen LogP contribution in [0.25, 0.3) is 0 Å². The van der Waals surface area contributed by atoms with E-state index < -0.39 is 0 Å². The molecule has 2 aliphatic carbocycles. The molecule has 1 amide bonds. The van der Waals surface area contributed by atoms with E-state index in [0.29, 0.717) is 21.4 Å². The maximum absolute atomic E-state index is 11.8. The van der Waals surface area contributed by atoms with Gasteiger partial charge in [-0.15, -0.1) is 10.2 Å². The zero-order valence-electron chi connectivity index (χ0n) is 8.65. The summed E-state index contributed by atoms with van der Waals surface area (Å²) < 4.78 is 0.318. The van der Waals surface area contributed by atoms with Gasteiger partial charge in [-0.3, -0.25) is 4.79 Å². The van der Waals surface area contributed by atoms with Crippen LogP contribution in [0.5, 0.6) is 0 Å². The van der Waals surface area contributed by atoms with Gasteiger partial charge in [-0.05, 0) is 42.7 Å². The van der Waals surface area contributed by atoms with Gasteiger partial charge >= 0.3 is 0 Å². The van der Waals surface area contributed by atoms with Crippen molar-refractivity contribution in [2.75, 3.05) is 0 Å². The smallest absolute Gasteiger partial charge is 0.282 e. The van der Waals surface area contributed by atoms with Crippen molar-refractivity contribution in [1.82, 2.24) is 15.5 Å². The van der Waals surface area contributed by atoms with E-state index in [-0.39, 0.29) is 5.91 Å². The number of fused-ring (bicyclic) bond motifs is 2. The van der Waals surface area contributed by atoms with Crippen molar-refractivity contribution >= 4 is 28.8 Å². The Hall–Kier alpha value is -0.680. The van der Waals surface area contributed by atoms with E-state index in [1.165, 1.54) is 19.3 Å². The first-order valence-electron chi connectivity index (χ1n) is 5.52. The Morgan fingerprint density at radius 1 is 1.38 bits per heavy atom. The number of carbonyl (C=O) groups is 1. The third kappa shape index (κ3) is 1.82. The molecular formula is C10H12ClN3OS. The number of nitrogens with one attached hydrogen (secondary N) is 1. The van der Waals surface area contributed by atoms with Crippen LogP contribution in [0, 0.1) is 11.8 Å². The summed E-state index contributed by atoms with van der Waals surface area (Å²) in [6.45, 7) is 0. The molecular weight excluding hydrogens is 246 g/mol. The quantitative estimate of drug-likeness (QED) is 0.883. The van der Waals surface area contributed by atoms with Crippen molar-refractivity contribution in [3.63, 3.8) is 0 Å². The second-order valence-electron chi connectivity index (χ2n) is 4.61. The summed E-state index contributed by atoms with van der Waals surface area (Å²) in [4.78, 5) is 11.8. The number of aromatic nitrogens is 2. The fourth-order valence-corrected chi connectivity index (χ4v) is 3.68. The van der Waals surface area contributed by atoms with Gasteiger partial charge in [0.25, 0.3) is 5.91 Å². The molecule has 3 unspecified atom stereocenters. The molecule has 6 heteroatoms. The highest BCUT2D eigenvalue weighted by Crippen LogP contribution is 2.44. The maximum Gasteiger partial charge on any atom is 0.282 e. The van der Waals surface area contributed by atoms with Crippen molar-refractivity contribution < 1.29 is 4.79 Å². The van der Waals surface area contributed by atoms with Crippen LogP contribution in [0.4, 0.5) is 0 Å². The number of hydrogen-bond acceptors (Lipinski definition) is 4. The first kappa shape index (κ1) is 10.5. The molecule has 2 saturated carbocycles. The highest BCUT2D eigenvalue weighted by Gasteiger charge is 2.40. The average molecular weight is 258 g/mol. The summed E-state index contributed by atoms with van der Waals surface area (Å²) in [5.41, 5.74) is 0. The fraction of sp³-hybridized carbons (Fsp3) is 0.700. The van der Waals surface area contributed by atoms with Gasteiger partial charge in [0.15, 0.2) is 0 Å². The number of carbonyl (C=O) groups excluding carboxylic acids is 1. The summed E-state index contributed by atoms with van der Waals surface area (Å²) in [6, 6.07) is 0.342. The van der Waals surface area contributed by atoms with Gasteiger partial charge < -0.3 is 5.32 Å². The molecule has 2 fully saturated rings. The molecule has 1 N–H and O–H groups in total. The Morgan fingerprint density at radius 2 is 2.25 bits per heavy atom. The molecule has 2 bridgehead atoms. The van der Waals surface area contributed by atoms with E-state index >= 15 is 0 Å². The van der Waals surface area contributed by atoms with Crippen molar-refractivity contribution in [2.45, 2.75) is 31.7 Å². The highest BCUT2D eigenvalue weighted by atomic mass is 35.5. The lowest BCUT2D eigenvalue weighted by Gasteiger charge is -2.22. The number of amides is 1. The topological polar surface area (TPSA) is 54.9 Å². The van der Waals surface area contributed by atoms with E-state index in [4.69, 9.17) is 11.6 Å². The van der Waals surface area contributed by atoms with Gasteiger partial charge in [0.1, 0.15) is 0 Å². The third-order valence-corrected chi connectivity index (χ3v) is 4.67. The van der Waals surface area contributed by atoms with Crippen molar-refractivity contribution in [1.29, 1.82) is 0 Å². The second-order valence-corrected chi connectivity index (χ2v) is 6.17. The van der Waals surface area contributed by atoms with E-state index in [1.54, 1.807) is 0 Å². The zero-order valence-corrected chi connectivity index (χ0v) is 10.2. The number of halogens is 1.